The summed E-state index contributed by atoms with van der Waals surface area (Å²) in [5.74, 6) is -0.0374. The lowest BCUT2D eigenvalue weighted by Crippen LogP contribution is -2.40. The largest absolute Gasteiger partial charge is 0.472 e. The number of amides is 1. The Balaban J connectivity index is 1.89. The van der Waals surface area contributed by atoms with Crippen molar-refractivity contribution in [3.8, 4) is 0 Å². The lowest BCUT2D eigenvalue weighted by Gasteiger charge is -2.35. The molecule has 4 heteroatoms. The van der Waals surface area contributed by atoms with Gasteiger partial charge in [0.2, 0.25) is 0 Å². The highest BCUT2D eigenvalue weighted by Gasteiger charge is 2.31. The number of furan rings is 1. The van der Waals surface area contributed by atoms with Crippen molar-refractivity contribution in [2.45, 2.75) is 32.1 Å². The summed E-state index contributed by atoms with van der Waals surface area (Å²) in [4.78, 5) is 11.8. The van der Waals surface area contributed by atoms with E-state index in [4.69, 9.17) is 4.42 Å². The van der Waals surface area contributed by atoms with E-state index < -0.39 is 0 Å². The van der Waals surface area contributed by atoms with Crippen LogP contribution in [0.2, 0.25) is 0 Å². The Morgan fingerprint density at radius 3 is 2.76 bits per heavy atom. The highest BCUT2D eigenvalue weighted by Crippen LogP contribution is 2.37. The van der Waals surface area contributed by atoms with Gasteiger partial charge in [0.25, 0.3) is 5.91 Å². The van der Waals surface area contributed by atoms with Crippen LogP contribution in [0.15, 0.2) is 23.0 Å². The zero-order chi connectivity index (χ0) is 12.1. The van der Waals surface area contributed by atoms with Crippen LogP contribution in [0.1, 0.15) is 42.5 Å². The van der Waals surface area contributed by atoms with Crippen molar-refractivity contribution in [1.82, 2.24) is 5.32 Å². The van der Waals surface area contributed by atoms with Crippen LogP contribution in [0.4, 0.5) is 0 Å². The van der Waals surface area contributed by atoms with Gasteiger partial charge >= 0.3 is 0 Å². The summed E-state index contributed by atoms with van der Waals surface area (Å²) in [7, 11) is 0. The first kappa shape index (κ1) is 12.7. The molecule has 0 radical (unpaired) electrons. The van der Waals surface area contributed by atoms with Crippen LogP contribution in [0.25, 0.3) is 0 Å². The van der Waals surface area contributed by atoms with Crippen molar-refractivity contribution in [3.63, 3.8) is 0 Å². The molecular formula is C13H18BrNO2. The topological polar surface area (TPSA) is 42.2 Å². The Morgan fingerprint density at radius 2 is 2.18 bits per heavy atom. The summed E-state index contributed by atoms with van der Waals surface area (Å²) in [6, 6.07) is 1.69. The second kappa shape index (κ2) is 5.71. The summed E-state index contributed by atoms with van der Waals surface area (Å²) in [5.41, 5.74) is 0.850. The van der Waals surface area contributed by atoms with E-state index in [9.17, 15) is 4.79 Å². The van der Waals surface area contributed by atoms with Gasteiger partial charge in [-0.3, -0.25) is 4.79 Å². The van der Waals surface area contributed by atoms with Gasteiger partial charge in [-0.05, 0) is 24.3 Å². The van der Waals surface area contributed by atoms with Gasteiger partial charge in [0.1, 0.15) is 6.26 Å². The zero-order valence-corrected chi connectivity index (χ0v) is 11.5. The van der Waals surface area contributed by atoms with Crippen molar-refractivity contribution in [2.24, 2.45) is 5.41 Å². The van der Waals surface area contributed by atoms with Gasteiger partial charge in [-0.15, -0.1) is 0 Å². The van der Waals surface area contributed by atoms with Crippen LogP contribution in [0.3, 0.4) is 0 Å². The fourth-order valence-electron chi connectivity index (χ4n) is 2.42. The van der Waals surface area contributed by atoms with Gasteiger partial charge in [-0.25, -0.2) is 0 Å². The molecule has 94 valence electrons. The summed E-state index contributed by atoms with van der Waals surface area (Å²) < 4.78 is 4.91. The number of hydrogen-bond acceptors (Lipinski definition) is 2. The van der Waals surface area contributed by atoms with E-state index in [1.165, 1.54) is 44.6 Å². The van der Waals surface area contributed by atoms with Gasteiger partial charge in [-0.2, -0.15) is 0 Å². The third-order valence-electron chi connectivity index (χ3n) is 3.60. The first-order chi connectivity index (χ1) is 8.26. The predicted molar refractivity (Wildman–Crippen MR) is 70.4 cm³/mol. The molecule has 1 aromatic heterocycles. The molecule has 3 nitrogen and oxygen atoms in total. The molecular weight excluding hydrogens is 282 g/mol. The molecule has 0 spiro atoms. The highest BCUT2D eigenvalue weighted by molar-refractivity contribution is 9.09. The molecule has 1 aromatic rings. The van der Waals surface area contributed by atoms with Crippen molar-refractivity contribution < 1.29 is 9.21 Å². The zero-order valence-electron chi connectivity index (χ0n) is 9.88. The number of hydrogen-bond donors (Lipinski definition) is 1. The molecule has 2 rings (SSSR count). The second-order valence-electron chi connectivity index (χ2n) is 4.89. The van der Waals surface area contributed by atoms with Gasteiger partial charge in [0, 0.05) is 11.9 Å². The molecule has 0 atom stereocenters. The fourth-order valence-corrected chi connectivity index (χ4v) is 3.18. The van der Waals surface area contributed by atoms with E-state index in [0.717, 1.165) is 11.9 Å². The predicted octanol–water partition coefficient (Wildman–Crippen LogP) is 3.35. The molecule has 1 amide bonds. The smallest absolute Gasteiger partial charge is 0.254 e. The Labute approximate surface area is 110 Å². The van der Waals surface area contributed by atoms with Crippen molar-refractivity contribution in [1.29, 1.82) is 0 Å². The van der Waals surface area contributed by atoms with Gasteiger partial charge < -0.3 is 9.73 Å². The number of carbonyl (C=O) groups excluding carboxylic acids is 1. The third-order valence-corrected chi connectivity index (χ3v) is 4.79. The van der Waals surface area contributed by atoms with Crippen LogP contribution in [0, 0.1) is 5.41 Å². The molecule has 0 aromatic carbocycles. The first-order valence-electron chi connectivity index (χ1n) is 6.12. The molecule has 0 saturated heterocycles. The van der Waals surface area contributed by atoms with Crippen LogP contribution >= 0.6 is 15.9 Å². The summed E-state index contributed by atoms with van der Waals surface area (Å²) >= 11 is 3.60. The molecule has 1 heterocycles. The number of carbonyl (C=O) groups is 1. The van der Waals surface area contributed by atoms with E-state index in [0.29, 0.717) is 5.56 Å². The lowest BCUT2D eigenvalue weighted by molar-refractivity contribution is 0.0921. The maximum atomic E-state index is 11.8. The molecule has 17 heavy (non-hydrogen) atoms. The Bertz CT molecular complexity index is 356. The van der Waals surface area contributed by atoms with Crippen LogP contribution < -0.4 is 5.32 Å². The van der Waals surface area contributed by atoms with E-state index in [-0.39, 0.29) is 11.3 Å². The van der Waals surface area contributed by atoms with Crippen molar-refractivity contribution in [3.05, 3.63) is 24.2 Å². The van der Waals surface area contributed by atoms with Gasteiger partial charge in [-0.1, -0.05) is 35.2 Å². The molecule has 1 fully saturated rings. The molecule has 0 aliphatic heterocycles. The normalized spacial score (nSPS) is 18.9. The summed E-state index contributed by atoms with van der Waals surface area (Å²) in [5, 5.41) is 3.98. The number of alkyl halides is 1. The minimum absolute atomic E-state index is 0.0374. The SMILES string of the molecule is O=C(NCC1(CBr)CCCCC1)c1ccoc1. The average molecular weight is 300 g/mol. The number of halogens is 1. The molecule has 1 saturated carbocycles. The summed E-state index contributed by atoms with van der Waals surface area (Å²) in [6.07, 6.45) is 9.27. The van der Waals surface area contributed by atoms with Crippen molar-refractivity contribution >= 4 is 21.8 Å². The lowest BCUT2D eigenvalue weighted by atomic mass is 9.75. The van der Waals surface area contributed by atoms with Crippen LogP contribution in [0.5, 0.6) is 0 Å². The van der Waals surface area contributed by atoms with Gasteiger partial charge in [0.05, 0.1) is 11.8 Å². The van der Waals surface area contributed by atoms with E-state index in [2.05, 4.69) is 21.2 Å². The van der Waals surface area contributed by atoms with E-state index in [1.54, 1.807) is 6.07 Å². The second-order valence-corrected chi connectivity index (χ2v) is 5.45. The van der Waals surface area contributed by atoms with Crippen LogP contribution in [-0.4, -0.2) is 17.8 Å². The monoisotopic (exact) mass is 299 g/mol. The molecule has 0 unspecified atom stereocenters. The maximum absolute atomic E-state index is 11.8. The Hall–Kier alpha value is -0.770. The minimum atomic E-state index is -0.0374. The molecule has 0 bridgehead atoms. The Morgan fingerprint density at radius 1 is 1.41 bits per heavy atom. The Kier molecular flexibility index (Phi) is 4.26. The minimum Gasteiger partial charge on any atom is -0.472 e. The highest BCUT2D eigenvalue weighted by atomic mass is 79.9. The average Bonchev–Trinajstić information content (AvgIpc) is 2.91. The fraction of sp³-hybridized carbons (Fsp3) is 0.615. The summed E-state index contributed by atoms with van der Waals surface area (Å²) in [6.45, 7) is 0.752. The molecule has 1 aliphatic rings. The number of nitrogens with one attached hydrogen (secondary N) is 1. The van der Waals surface area contributed by atoms with Gasteiger partial charge in [0.15, 0.2) is 0 Å². The standard InChI is InChI=1S/C13H18BrNO2/c14-9-13(5-2-1-3-6-13)10-15-12(16)11-4-7-17-8-11/h4,7-8H,1-3,5-6,9-10H2,(H,15,16). The third kappa shape index (κ3) is 3.12. The van der Waals surface area contributed by atoms with E-state index in [1.807, 2.05) is 0 Å². The first-order valence-corrected chi connectivity index (χ1v) is 7.24. The van der Waals surface area contributed by atoms with E-state index >= 15 is 0 Å². The molecule has 1 N–H and O–H groups in total. The van der Waals surface area contributed by atoms with Crippen LogP contribution in [-0.2, 0) is 0 Å². The molecule has 1 aliphatic carbocycles. The number of rotatable bonds is 4. The quantitative estimate of drug-likeness (QED) is 0.866. The maximum Gasteiger partial charge on any atom is 0.254 e. The van der Waals surface area contributed by atoms with Crippen molar-refractivity contribution in [2.75, 3.05) is 11.9 Å².